The fourth-order valence-electron chi connectivity index (χ4n) is 2.77. The maximum absolute atomic E-state index is 12.7. The summed E-state index contributed by atoms with van der Waals surface area (Å²) in [6.45, 7) is 1.58. The predicted octanol–water partition coefficient (Wildman–Crippen LogP) is 3.56. The Bertz CT molecular complexity index is 1360. The van der Waals surface area contributed by atoms with Crippen LogP contribution in [0.5, 0.6) is 11.5 Å². The van der Waals surface area contributed by atoms with E-state index < -0.39 is 41.5 Å². The van der Waals surface area contributed by atoms with Crippen molar-refractivity contribution in [1.82, 2.24) is 14.5 Å². The summed E-state index contributed by atoms with van der Waals surface area (Å²) in [6, 6.07) is 10.8. The van der Waals surface area contributed by atoms with Crippen LogP contribution in [0.1, 0.15) is 12.7 Å². The molecule has 2 aromatic carbocycles. The molecule has 0 saturated heterocycles. The molecule has 3 aromatic rings. The molecule has 37 heavy (non-hydrogen) atoms. The maximum atomic E-state index is 12.7. The third-order valence-electron chi connectivity index (χ3n) is 4.35. The summed E-state index contributed by atoms with van der Waals surface area (Å²) in [5.41, 5.74) is 4.69. The number of ether oxygens (including phenoxy) is 2. The number of nitrogens with zero attached hydrogens (tertiary/aromatic N) is 3. The van der Waals surface area contributed by atoms with Gasteiger partial charge in [0.05, 0.1) is 11.4 Å². The van der Waals surface area contributed by atoms with Crippen LogP contribution >= 0.6 is 0 Å². The minimum Gasteiger partial charge on any atom is -0.416 e. The normalized spacial score (nSPS) is 11.5. The highest BCUT2D eigenvalue weighted by molar-refractivity contribution is 5.81. The van der Waals surface area contributed by atoms with Crippen molar-refractivity contribution < 1.29 is 45.4 Å². The molecule has 1 aromatic heterocycles. The zero-order valence-electron chi connectivity index (χ0n) is 18.5. The van der Waals surface area contributed by atoms with Gasteiger partial charge in [-0.2, -0.15) is 36.3 Å². The summed E-state index contributed by atoms with van der Waals surface area (Å²) in [7, 11) is 0. The van der Waals surface area contributed by atoms with Gasteiger partial charge in [0, 0.05) is 12.5 Å². The highest BCUT2D eigenvalue weighted by Gasteiger charge is 2.44. The Balaban J connectivity index is 2.01. The van der Waals surface area contributed by atoms with E-state index in [4.69, 9.17) is 0 Å². The van der Waals surface area contributed by atoms with Crippen LogP contribution < -0.4 is 26.0 Å². The molecule has 0 radical (unpaired) electrons. The second kappa shape index (κ2) is 10.5. The molecule has 0 bridgehead atoms. The van der Waals surface area contributed by atoms with Crippen LogP contribution in [0.15, 0.2) is 53.3 Å². The van der Waals surface area contributed by atoms with Crippen LogP contribution in [0.25, 0.3) is 5.69 Å². The van der Waals surface area contributed by atoms with Crippen molar-refractivity contribution in [3.05, 3.63) is 64.8 Å². The molecule has 0 fully saturated rings. The smallest absolute Gasteiger partial charge is 0.416 e. The van der Waals surface area contributed by atoms with Crippen molar-refractivity contribution in [3.63, 3.8) is 0 Å². The van der Waals surface area contributed by atoms with Gasteiger partial charge in [-0.15, -0.1) is 0 Å². The summed E-state index contributed by atoms with van der Waals surface area (Å²) < 4.78 is 84.9. The number of rotatable bonds is 7. The largest absolute Gasteiger partial charge is 0.491 e. The Morgan fingerprint density at radius 1 is 0.865 bits per heavy atom. The Morgan fingerprint density at radius 3 is 2.03 bits per heavy atom. The molecule has 0 aliphatic carbocycles. The van der Waals surface area contributed by atoms with E-state index in [1.54, 1.807) is 37.3 Å². The van der Waals surface area contributed by atoms with Crippen molar-refractivity contribution >= 4 is 23.6 Å². The number of aromatic nitrogens is 3. The average Bonchev–Trinajstić information content (AvgIpc) is 2.82. The van der Waals surface area contributed by atoms with Gasteiger partial charge >= 0.3 is 30.0 Å². The standard InChI is InChI=1S/C21H15F6N5O5/c1-2-15-28-18(31-30-11-6-4-3-5-7-11)29-19(35)32(15)12-8-9-13(36-16(33)20(22,23)24)14(10-12)37-17(34)21(25,26)27/h3-10,30H,2H2,1H3,(H,29,31,35). The number of hydrazine groups is 1. The van der Waals surface area contributed by atoms with Gasteiger partial charge in [-0.25, -0.2) is 19.0 Å². The quantitative estimate of drug-likeness (QED) is 0.204. The number of halogens is 6. The first-order valence-electron chi connectivity index (χ1n) is 10.1. The predicted molar refractivity (Wildman–Crippen MR) is 114 cm³/mol. The van der Waals surface area contributed by atoms with E-state index in [1.165, 1.54) is 0 Å². The molecule has 0 aliphatic rings. The molecule has 0 unspecified atom stereocenters. The van der Waals surface area contributed by atoms with Crippen molar-refractivity contribution in [2.24, 2.45) is 0 Å². The molecular formula is C21H15F6N5O5. The molecular weight excluding hydrogens is 516 g/mol. The van der Waals surface area contributed by atoms with E-state index in [0.717, 1.165) is 10.6 Å². The first kappa shape index (κ1) is 27.0. The van der Waals surface area contributed by atoms with Gasteiger partial charge in [0.25, 0.3) is 0 Å². The highest BCUT2D eigenvalue weighted by atomic mass is 19.4. The summed E-state index contributed by atoms with van der Waals surface area (Å²) in [4.78, 5) is 43.1. The summed E-state index contributed by atoms with van der Waals surface area (Å²) >= 11 is 0. The molecule has 0 aliphatic heterocycles. The van der Waals surface area contributed by atoms with Crippen LogP contribution in [-0.2, 0) is 16.0 Å². The zero-order valence-corrected chi connectivity index (χ0v) is 18.5. The molecule has 196 valence electrons. The van der Waals surface area contributed by atoms with Gasteiger partial charge in [-0.1, -0.05) is 25.1 Å². The van der Waals surface area contributed by atoms with Gasteiger partial charge in [0.2, 0.25) is 5.95 Å². The van der Waals surface area contributed by atoms with Gasteiger partial charge in [-0.05, 0) is 24.3 Å². The van der Waals surface area contributed by atoms with Crippen LogP contribution in [0.3, 0.4) is 0 Å². The van der Waals surface area contributed by atoms with Gasteiger partial charge < -0.3 is 9.47 Å². The number of nitrogens with one attached hydrogen (secondary N) is 2. The average molecular weight is 531 g/mol. The zero-order chi connectivity index (χ0) is 27.4. The highest BCUT2D eigenvalue weighted by Crippen LogP contribution is 2.33. The van der Waals surface area contributed by atoms with E-state index in [1.807, 2.05) is 0 Å². The Labute approximate surface area is 202 Å². The minimum atomic E-state index is -5.53. The molecule has 0 spiro atoms. The summed E-state index contributed by atoms with van der Waals surface area (Å²) in [6.07, 6.45) is -10.9. The second-order valence-corrected chi connectivity index (χ2v) is 6.96. The van der Waals surface area contributed by atoms with Gasteiger partial charge in [0.15, 0.2) is 11.5 Å². The summed E-state index contributed by atoms with van der Waals surface area (Å²) in [5.74, 6) is -8.09. The topological polar surface area (TPSA) is 124 Å². The van der Waals surface area contributed by atoms with Crippen molar-refractivity contribution in [2.75, 3.05) is 10.9 Å². The molecule has 0 atom stereocenters. The van der Waals surface area contributed by atoms with Crippen LogP contribution in [0, 0.1) is 0 Å². The number of hydrogen-bond acceptors (Lipinski definition) is 9. The van der Waals surface area contributed by atoms with Crippen molar-refractivity contribution in [2.45, 2.75) is 25.7 Å². The number of anilines is 2. The summed E-state index contributed by atoms with van der Waals surface area (Å²) in [5, 5.41) is 0. The number of carbonyl (C=O) groups is 2. The lowest BCUT2D eigenvalue weighted by Gasteiger charge is -2.16. The van der Waals surface area contributed by atoms with Crippen LogP contribution in [-0.4, -0.2) is 38.8 Å². The van der Waals surface area contributed by atoms with Crippen LogP contribution in [0.2, 0.25) is 0 Å². The number of esters is 2. The Kier molecular flexibility index (Phi) is 7.69. The van der Waals surface area contributed by atoms with E-state index >= 15 is 0 Å². The SMILES string of the molecule is CCc1nc(NNc2ccccc2)nc(=O)n1-c1ccc(OC(=O)C(F)(F)F)c(OC(=O)C(F)(F)F)c1. The second-order valence-electron chi connectivity index (χ2n) is 6.96. The molecule has 10 nitrogen and oxygen atoms in total. The van der Waals surface area contributed by atoms with E-state index in [0.29, 0.717) is 17.8 Å². The molecule has 2 N–H and O–H groups in total. The molecule has 0 amide bonds. The Hall–Kier alpha value is -4.63. The monoisotopic (exact) mass is 531 g/mol. The Morgan fingerprint density at radius 2 is 1.46 bits per heavy atom. The van der Waals surface area contributed by atoms with E-state index in [-0.39, 0.29) is 23.9 Å². The number of aryl methyl sites for hydroxylation is 1. The fraction of sp³-hybridized carbons (Fsp3) is 0.190. The number of benzene rings is 2. The molecule has 16 heteroatoms. The third kappa shape index (κ3) is 6.74. The van der Waals surface area contributed by atoms with Gasteiger partial charge in [-0.3, -0.25) is 10.9 Å². The lowest BCUT2D eigenvalue weighted by molar-refractivity contribution is -0.191. The van der Waals surface area contributed by atoms with E-state index in [2.05, 4.69) is 30.3 Å². The lowest BCUT2D eigenvalue weighted by atomic mass is 10.2. The van der Waals surface area contributed by atoms with Gasteiger partial charge in [0.1, 0.15) is 5.82 Å². The molecule has 1 heterocycles. The number of alkyl halides is 6. The van der Waals surface area contributed by atoms with Crippen LogP contribution in [0.4, 0.5) is 38.0 Å². The van der Waals surface area contributed by atoms with Crippen molar-refractivity contribution in [3.8, 4) is 17.2 Å². The lowest BCUT2D eigenvalue weighted by Crippen LogP contribution is -2.31. The molecule has 0 saturated carbocycles. The first-order valence-corrected chi connectivity index (χ1v) is 10.1. The fourth-order valence-corrected chi connectivity index (χ4v) is 2.77. The van der Waals surface area contributed by atoms with Crippen molar-refractivity contribution in [1.29, 1.82) is 0 Å². The van der Waals surface area contributed by atoms with E-state index in [9.17, 15) is 40.7 Å². The number of para-hydroxylation sites is 1. The molecule has 3 rings (SSSR count). The first-order chi connectivity index (χ1) is 17.3. The minimum absolute atomic E-state index is 0.0190. The number of carbonyl (C=O) groups excluding carboxylic acids is 2. The maximum Gasteiger partial charge on any atom is 0.491 e. The number of hydrogen-bond donors (Lipinski definition) is 2. The third-order valence-corrected chi connectivity index (χ3v) is 4.35.